The van der Waals surface area contributed by atoms with Crippen molar-refractivity contribution in [3.63, 3.8) is 0 Å². The molecule has 2 aliphatic heterocycles. The number of amides is 1. The summed E-state index contributed by atoms with van der Waals surface area (Å²) < 4.78 is 10.5. The van der Waals surface area contributed by atoms with E-state index in [0.717, 1.165) is 46.0 Å². The van der Waals surface area contributed by atoms with Gasteiger partial charge in [-0.1, -0.05) is 30.3 Å². The molecule has 0 bridgehead atoms. The number of nitrogens with zero attached hydrogens (tertiary/aromatic N) is 4. The van der Waals surface area contributed by atoms with Crippen LogP contribution in [-0.4, -0.2) is 55.6 Å². The molecule has 0 N–H and O–H groups in total. The van der Waals surface area contributed by atoms with E-state index >= 15 is 0 Å². The summed E-state index contributed by atoms with van der Waals surface area (Å²) in [5, 5.41) is 16.6. The summed E-state index contributed by atoms with van der Waals surface area (Å²) in [5.41, 5.74) is 5.25. The topological polar surface area (TPSA) is 109 Å². The van der Waals surface area contributed by atoms with E-state index < -0.39 is 11.6 Å². The van der Waals surface area contributed by atoms with Gasteiger partial charge in [0.05, 0.1) is 24.2 Å². The average molecular weight is 600 g/mol. The molecule has 226 valence electrons. The molecule has 0 atom stereocenters. The molecule has 45 heavy (non-hydrogen) atoms. The highest BCUT2D eigenvalue weighted by atomic mass is 16.5. The number of hydrogen-bond acceptors (Lipinski definition) is 6. The lowest BCUT2D eigenvalue weighted by atomic mass is 9.82. The fraction of sp³-hybridized carbons (Fsp3) is 0.278. The molecule has 1 amide bonds. The number of benzene rings is 3. The molecule has 3 aliphatic rings. The zero-order chi connectivity index (χ0) is 30.9. The van der Waals surface area contributed by atoms with Gasteiger partial charge in [-0.25, -0.2) is 0 Å². The largest absolute Gasteiger partial charge is 0.545 e. The standard InChI is InChI=1S/C36H32N4O5/c1-38-21-26(20-37-38)24-6-9-33-30(16-24)32(41)19-36(45-33)11-14-39(15-12-36)34(42)25-17-29(22-2-4-23(5-3-22)35(43)44)28-10-13-40(27-7-8-27)31(28)18-25/h2-6,9-10,13,16-18,20-21,27H,7-8,11-12,14-15,19H2,1H3,(H,43,44)/p-1. The number of piperidine rings is 1. The van der Waals surface area contributed by atoms with Crippen LogP contribution in [-0.2, 0) is 7.05 Å². The molecule has 3 aromatic carbocycles. The van der Waals surface area contributed by atoms with Crippen LogP contribution in [0.15, 0.2) is 79.3 Å². The van der Waals surface area contributed by atoms with Crippen LogP contribution in [0.1, 0.15) is 69.2 Å². The Hall–Kier alpha value is -5.18. The number of carbonyl (C=O) groups is 3. The minimum absolute atomic E-state index is 0.0578. The number of aryl methyl sites for hydroxylation is 1. The second-order valence-corrected chi connectivity index (χ2v) is 12.6. The van der Waals surface area contributed by atoms with E-state index in [0.29, 0.717) is 48.8 Å². The van der Waals surface area contributed by atoms with Gasteiger partial charge in [-0.05, 0) is 65.4 Å². The van der Waals surface area contributed by atoms with Crippen molar-refractivity contribution < 1.29 is 24.2 Å². The van der Waals surface area contributed by atoms with Gasteiger partial charge < -0.3 is 24.1 Å². The zero-order valence-corrected chi connectivity index (χ0v) is 24.9. The maximum absolute atomic E-state index is 14.0. The van der Waals surface area contributed by atoms with Crippen molar-refractivity contribution in [3.8, 4) is 28.0 Å². The zero-order valence-electron chi connectivity index (χ0n) is 24.9. The van der Waals surface area contributed by atoms with E-state index in [4.69, 9.17) is 4.74 Å². The number of carboxylic acids is 1. The summed E-state index contributed by atoms with van der Waals surface area (Å²) in [4.78, 5) is 40.6. The van der Waals surface area contributed by atoms with Crippen molar-refractivity contribution in [2.24, 2.45) is 7.05 Å². The number of ketones is 1. The predicted molar refractivity (Wildman–Crippen MR) is 166 cm³/mol. The van der Waals surface area contributed by atoms with Crippen molar-refractivity contribution in [2.45, 2.75) is 43.7 Å². The maximum Gasteiger partial charge on any atom is 0.253 e. The van der Waals surface area contributed by atoms with Gasteiger partial charge >= 0.3 is 0 Å². The number of fused-ring (bicyclic) bond motifs is 2. The van der Waals surface area contributed by atoms with Crippen molar-refractivity contribution in [3.05, 3.63) is 95.9 Å². The fourth-order valence-corrected chi connectivity index (χ4v) is 6.90. The molecule has 1 aliphatic carbocycles. The number of aromatic nitrogens is 3. The van der Waals surface area contributed by atoms with Gasteiger partial charge in [0, 0.05) is 73.4 Å². The molecule has 9 heteroatoms. The lowest BCUT2D eigenvalue weighted by molar-refractivity contribution is -0.255. The Labute approximate surface area is 259 Å². The normalized spacial score (nSPS) is 17.4. The van der Waals surface area contributed by atoms with Crippen LogP contribution in [0.2, 0.25) is 0 Å². The second kappa shape index (κ2) is 10.2. The third-order valence-electron chi connectivity index (χ3n) is 9.55. The van der Waals surface area contributed by atoms with Crippen LogP contribution in [0.25, 0.3) is 33.2 Å². The van der Waals surface area contributed by atoms with Gasteiger partial charge in [-0.3, -0.25) is 14.3 Å². The highest BCUT2D eigenvalue weighted by molar-refractivity contribution is 6.05. The Morgan fingerprint density at radius 1 is 0.911 bits per heavy atom. The Balaban J connectivity index is 1.05. The Kier molecular flexibility index (Phi) is 6.20. The summed E-state index contributed by atoms with van der Waals surface area (Å²) in [5.74, 6) is -0.631. The first-order chi connectivity index (χ1) is 21.8. The number of rotatable bonds is 5. The van der Waals surface area contributed by atoms with Gasteiger partial charge in [-0.15, -0.1) is 0 Å². The monoisotopic (exact) mass is 599 g/mol. The quantitative estimate of drug-likeness (QED) is 0.280. The van der Waals surface area contributed by atoms with E-state index in [1.807, 2.05) is 48.5 Å². The van der Waals surface area contributed by atoms with Crippen molar-refractivity contribution in [1.82, 2.24) is 19.2 Å². The predicted octanol–water partition coefficient (Wildman–Crippen LogP) is 5.05. The van der Waals surface area contributed by atoms with Crippen LogP contribution >= 0.6 is 0 Å². The van der Waals surface area contributed by atoms with Crippen molar-refractivity contribution in [2.75, 3.05) is 13.1 Å². The Bertz CT molecular complexity index is 2010. The van der Waals surface area contributed by atoms with Crippen LogP contribution in [0.5, 0.6) is 5.75 Å². The SMILES string of the molecule is Cn1cc(-c2ccc3c(c2)C(=O)CC2(CCN(C(=O)c4cc(-c5ccc(C(=O)[O-])cc5)c5ccn(C6CC6)c5c4)CC2)O3)cn1. The van der Waals surface area contributed by atoms with Crippen molar-refractivity contribution >= 4 is 28.6 Å². The minimum Gasteiger partial charge on any atom is -0.545 e. The highest BCUT2D eigenvalue weighted by Gasteiger charge is 2.44. The van der Waals surface area contributed by atoms with Gasteiger partial charge in [0.25, 0.3) is 5.91 Å². The molecule has 2 aromatic heterocycles. The van der Waals surface area contributed by atoms with Crippen LogP contribution < -0.4 is 9.84 Å². The van der Waals surface area contributed by atoms with E-state index in [1.54, 1.807) is 23.0 Å². The second-order valence-electron chi connectivity index (χ2n) is 12.6. The van der Waals surface area contributed by atoms with Gasteiger partial charge in [0.1, 0.15) is 11.4 Å². The molecule has 2 fully saturated rings. The summed E-state index contributed by atoms with van der Waals surface area (Å²) in [7, 11) is 1.86. The number of hydrogen-bond donors (Lipinski definition) is 0. The molecule has 0 radical (unpaired) electrons. The molecule has 4 heterocycles. The molecule has 5 aromatic rings. The molecular formula is C36H31N4O5-. The molecule has 9 nitrogen and oxygen atoms in total. The number of ether oxygens (including phenoxy) is 1. The van der Waals surface area contributed by atoms with Crippen LogP contribution in [0.3, 0.4) is 0 Å². The lowest BCUT2D eigenvalue weighted by Gasteiger charge is -2.44. The number of likely N-dealkylation sites (tertiary alicyclic amines) is 1. The van der Waals surface area contributed by atoms with E-state index in [-0.39, 0.29) is 23.7 Å². The maximum atomic E-state index is 14.0. The van der Waals surface area contributed by atoms with E-state index in [2.05, 4.69) is 21.9 Å². The van der Waals surface area contributed by atoms with E-state index in [1.165, 1.54) is 12.1 Å². The van der Waals surface area contributed by atoms with Crippen LogP contribution in [0, 0.1) is 0 Å². The lowest BCUT2D eigenvalue weighted by Crippen LogP contribution is -2.52. The number of carboxylic acid groups (broad SMARTS) is 1. The van der Waals surface area contributed by atoms with Gasteiger partial charge in [0.2, 0.25) is 0 Å². The molecule has 0 unspecified atom stereocenters. The Morgan fingerprint density at radius 3 is 2.36 bits per heavy atom. The molecule has 1 saturated heterocycles. The van der Waals surface area contributed by atoms with Gasteiger partial charge in [-0.2, -0.15) is 5.10 Å². The molecular weight excluding hydrogens is 568 g/mol. The highest BCUT2D eigenvalue weighted by Crippen LogP contribution is 2.43. The Morgan fingerprint density at radius 2 is 1.67 bits per heavy atom. The fourth-order valence-electron chi connectivity index (χ4n) is 6.90. The van der Waals surface area contributed by atoms with Crippen LogP contribution in [0.4, 0.5) is 0 Å². The third-order valence-corrected chi connectivity index (χ3v) is 9.55. The first-order valence-corrected chi connectivity index (χ1v) is 15.4. The molecule has 1 saturated carbocycles. The summed E-state index contributed by atoms with van der Waals surface area (Å²) in [6.07, 6.45) is 9.40. The van der Waals surface area contributed by atoms with Crippen molar-refractivity contribution in [1.29, 1.82) is 0 Å². The number of carbonyl (C=O) groups excluding carboxylic acids is 3. The average Bonchev–Trinajstić information content (AvgIpc) is 3.65. The smallest absolute Gasteiger partial charge is 0.253 e. The summed E-state index contributed by atoms with van der Waals surface area (Å²) in [6, 6.07) is 18.7. The summed E-state index contributed by atoms with van der Waals surface area (Å²) >= 11 is 0. The number of aromatic carboxylic acids is 1. The first-order valence-electron chi connectivity index (χ1n) is 15.4. The first kappa shape index (κ1) is 27.4. The molecule has 1 spiro atoms. The third kappa shape index (κ3) is 4.79. The summed E-state index contributed by atoms with van der Waals surface area (Å²) in [6.45, 7) is 0.957. The minimum atomic E-state index is -1.22. The molecule has 8 rings (SSSR count). The van der Waals surface area contributed by atoms with Gasteiger partial charge in [0.15, 0.2) is 5.78 Å². The number of Topliss-reactive ketones (excluding diaryl/α,β-unsaturated/α-hetero) is 1. The van der Waals surface area contributed by atoms with E-state index in [9.17, 15) is 19.5 Å².